The summed E-state index contributed by atoms with van der Waals surface area (Å²) < 4.78 is 0. The van der Waals surface area contributed by atoms with Gasteiger partial charge >= 0.3 is 0 Å². The molecule has 2 aromatic heterocycles. The van der Waals surface area contributed by atoms with Crippen molar-refractivity contribution < 1.29 is 0 Å². The fourth-order valence-electron chi connectivity index (χ4n) is 3.21. The minimum Gasteiger partial charge on any atom is -0.361 e. The average Bonchev–Trinajstić information content (AvgIpc) is 3.17. The van der Waals surface area contributed by atoms with Crippen LogP contribution in [0, 0.1) is 0 Å². The van der Waals surface area contributed by atoms with Gasteiger partial charge in [0, 0.05) is 22.0 Å². The maximum Gasteiger partial charge on any atom is 0.0457 e. The Hall–Kier alpha value is -1.58. The second kappa shape index (κ2) is 5.08. The van der Waals surface area contributed by atoms with Crippen LogP contribution in [0.4, 0.5) is 0 Å². The first kappa shape index (κ1) is 12.2. The number of aromatic nitrogens is 1. The molecule has 2 N–H and O–H groups in total. The molecular formula is C17H18N2S. The van der Waals surface area contributed by atoms with Gasteiger partial charge in [0.25, 0.3) is 0 Å². The first-order chi connectivity index (χ1) is 9.92. The predicted molar refractivity (Wildman–Crippen MR) is 86.5 cm³/mol. The Morgan fingerprint density at radius 1 is 1.10 bits per heavy atom. The number of hydrogen-bond donors (Lipinski definition) is 2. The van der Waals surface area contributed by atoms with E-state index in [0.29, 0.717) is 5.92 Å². The summed E-state index contributed by atoms with van der Waals surface area (Å²) in [7, 11) is 0. The van der Waals surface area contributed by atoms with Gasteiger partial charge < -0.3 is 10.3 Å². The molecule has 1 aliphatic heterocycles. The lowest BCUT2D eigenvalue weighted by atomic mass is 9.89. The largest absolute Gasteiger partial charge is 0.361 e. The number of piperidine rings is 1. The minimum absolute atomic E-state index is 0.698. The van der Waals surface area contributed by atoms with Crippen molar-refractivity contribution in [3.05, 3.63) is 47.5 Å². The van der Waals surface area contributed by atoms with Crippen molar-refractivity contribution in [3.63, 3.8) is 0 Å². The first-order valence-electron chi connectivity index (χ1n) is 7.27. The van der Waals surface area contributed by atoms with Crippen molar-refractivity contribution >= 4 is 22.2 Å². The number of nitrogens with one attached hydrogen (secondary N) is 2. The molecule has 20 heavy (non-hydrogen) atoms. The Balaban J connectivity index is 1.79. The van der Waals surface area contributed by atoms with E-state index in [1.807, 2.05) is 11.3 Å². The molecule has 0 unspecified atom stereocenters. The Morgan fingerprint density at radius 2 is 2.00 bits per heavy atom. The molecule has 0 bridgehead atoms. The van der Waals surface area contributed by atoms with E-state index in [0.717, 1.165) is 13.1 Å². The van der Waals surface area contributed by atoms with Gasteiger partial charge in [-0.1, -0.05) is 12.1 Å². The zero-order chi connectivity index (χ0) is 13.4. The fraction of sp³-hybridized carbons (Fsp3) is 0.294. The fourth-order valence-corrected chi connectivity index (χ4v) is 3.93. The molecule has 0 radical (unpaired) electrons. The standard InChI is InChI=1S/C17H18N2S/c1-2-17(20-9-1)13-3-4-16-14(10-13)15(11-19-16)12-5-7-18-8-6-12/h1-4,9-12,18-19H,5-8H2. The molecule has 1 saturated heterocycles. The summed E-state index contributed by atoms with van der Waals surface area (Å²) in [4.78, 5) is 4.79. The van der Waals surface area contributed by atoms with Crippen LogP contribution in [-0.4, -0.2) is 18.1 Å². The zero-order valence-electron chi connectivity index (χ0n) is 11.4. The zero-order valence-corrected chi connectivity index (χ0v) is 12.2. The lowest BCUT2D eigenvalue weighted by Gasteiger charge is -2.22. The van der Waals surface area contributed by atoms with E-state index in [-0.39, 0.29) is 0 Å². The van der Waals surface area contributed by atoms with Crippen molar-refractivity contribution in [2.75, 3.05) is 13.1 Å². The van der Waals surface area contributed by atoms with Crippen molar-refractivity contribution in [2.24, 2.45) is 0 Å². The molecule has 3 heterocycles. The van der Waals surface area contributed by atoms with Crippen molar-refractivity contribution in [2.45, 2.75) is 18.8 Å². The highest BCUT2D eigenvalue weighted by Gasteiger charge is 2.18. The Kier molecular flexibility index (Phi) is 3.09. The van der Waals surface area contributed by atoms with Crippen molar-refractivity contribution in [3.8, 4) is 10.4 Å². The summed E-state index contributed by atoms with van der Waals surface area (Å²) in [5, 5.41) is 7.00. The molecule has 2 nitrogen and oxygen atoms in total. The highest BCUT2D eigenvalue weighted by atomic mass is 32.1. The number of hydrogen-bond acceptors (Lipinski definition) is 2. The number of aromatic amines is 1. The minimum atomic E-state index is 0.698. The Labute approximate surface area is 122 Å². The molecule has 0 saturated carbocycles. The van der Waals surface area contributed by atoms with E-state index < -0.39 is 0 Å². The molecule has 1 fully saturated rings. The SMILES string of the molecule is c1csc(-c2ccc3[nH]cc(C4CCNCC4)c3c2)c1. The summed E-state index contributed by atoms with van der Waals surface area (Å²) in [6.07, 6.45) is 4.71. The van der Waals surface area contributed by atoms with Crippen LogP contribution in [-0.2, 0) is 0 Å². The molecule has 4 rings (SSSR count). The Morgan fingerprint density at radius 3 is 2.80 bits per heavy atom. The second-order valence-electron chi connectivity index (χ2n) is 5.51. The highest BCUT2D eigenvalue weighted by Crippen LogP contribution is 2.34. The molecule has 3 heteroatoms. The summed E-state index contributed by atoms with van der Waals surface area (Å²) in [6, 6.07) is 11.1. The first-order valence-corrected chi connectivity index (χ1v) is 8.15. The summed E-state index contributed by atoms with van der Waals surface area (Å²) >= 11 is 1.81. The molecule has 3 aromatic rings. The molecule has 1 aromatic carbocycles. The van der Waals surface area contributed by atoms with Crippen LogP contribution in [0.1, 0.15) is 24.3 Å². The normalized spacial score (nSPS) is 16.8. The third kappa shape index (κ3) is 2.07. The van der Waals surface area contributed by atoms with Crippen LogP contribution in [0.25, 0.3) is 21.3 Å². The van der Waals surface area contributed by atoms with Gasteiger partial charge in [-0.15, -0.1) is 11.3 Å². The second-order valence-corrected chi connectivity index (χ2v) is 6.45. The van der Waals surface area contributed by atoms with Gasteiger partial charge in [-0.05, 0) is 66.6 Å². The molecule has 102 valence electrons. The van der Waals surface area contributed by atoms with Crippen LogP contribution in [0.15, 0.2) is 41.9 Å². The van der Waals surface area contributed by atoms with Crippen molar-refractivity contribution in [1.29, 1.82) is 0 Å². The van der Waals surface area contributed by atoms with E-state index in [9.17, 15) is 0 Å². The molecule has 1 aliphatic rings. The number of H-pyrrole nitrogens is 1. The number of benzene rings is 1. The lowest BCUT2D eigenvalue weighted by Crippen LogP contribution is -2.26. The summed E-state index contributed by atoms with van der Waals surface area (Å²) in [6.45, 7) is 2.28. The van der Waals surface area contributed by atoms with E-state index in [1.54, 1.807) is 0 Å². The van der Waals surface area contributed by atoms with Gasteiger partial charge in [-0.3, -0.25) is 0 Å². The highest BCUT2D eigenvalue weighted by molar-refractivity contribution is 7.13. The third-order valence-corrected chi connectivity index (χ3v) is 5.22. The van der Waals surface area contributed by atoms with Crippen LogP contribution in [0.3, 0.4) is 0 Å². The molecular weight excluding hydrogens is 264 g/mol. The van der Waals surface area contributed by atoms with Gasteiger partial charge in [-0.2, -0.15) is 0 Å². The van der Waals surface area contributed by atoms with Crippen LogP contribution in [0.2, 0.25) is 0 Å². The van der Waals surface area contributed by atoms with Gasteiger partial charge in [0.15, 0.2) is 0 Å². The average molecular weight is 282 g/mol. The maximum absolute atomic E-state index is 3.45. The summed E-state index contributed by atoms with van der Waals surface area (Å²) in [5.41, 5.74) is 4.10. The molecule has 0 atom stereocenters. The Bertz CT molecular complexity index is 706. The van der Waals surface area contributed by atoms with Crippen LogP contribution in [0.5, 0.6) is 0 Å². The van der Waals surface area contributed by atoms with Crippen molar-refractivity contribution in [1.82, 2.24) is 10.3 Å². The lowest BCUT2D eigenvalue weighted by molar-refractivity contribution is 0.462. The maximum atomic E-state index is 3.45. The molecule has 0 aliphatic carbocycles. The monoisotopic (exact) mass is 282 g/mol. The summed E-state index contributed by atoms with van der Waals surface area (Å²) in [5.74, 6) is 0.698. The van der Waals surface area contributed by atoms with Crippen LogP contribution < -0.4 is 5.32 Å². The topological polar surface area (TPSA) is 27.8 Å². The number of thiophene rings is 1. The molecule has 0 spiro atoms. The third-order valence-electron chi connectivity index (χ3n) is 4.30. The van der Waals surface area contributed by atoms with Crippen LogP contribution >= 0.6 is 11.3 Å². The van der Waals surface area contributed by atoms with E-state index in [1.165, 1.54) is 39.7 Å². The van der Waals surface area contributed by atoms with E-state index in [2.05, 4.69) is 52.2 Å². The van der Waals surface area contributed by atoms with Gasteiger partial charge in [-0.25, -0.2) is 0 Å². The number of rotatable bonds is 2. The number of fused-ring (bicyclic) bond motifs is 1. The van der Waals surface area contributed by atoms with E-state index in [4.69, 9.17) is 0 Å². The predicted octanol–water partition coefficient (Wildman–Crippen LogP) is 4.36. The molecule has 0 amide bonds. The quantitative estimate of drug-likeness (QED) is 0.718. The van der Waals surface area contributed by atoms with E-state index >= 15 is 0 Å². The van der Waals surface area contributed by atoms with Gasteiger partial charge in [0.1, 0.15) is 0 Å². The smallest absolute Gasteiger partial charge is 0.0457 e. The van der Waals surface area contributed by atoms with Gasteiger partial charge in [0.2, 0.25) is 0 Å². The van der Waals surface area contributed by atoms with Gasteiger partial charge in [0.05, 0.1) is 0 Å².